The van der Waals surface area contributed by atoms with Gasteiger partial charge in [-0.3, -0.25) is 9.59 Å². The van der Waals surface area contributed by atoms with Gasteiger partial charge in [0, 0.05) is 19.6 Å². The summed E-state index contributed by atoms with van der Waals surface area (Å²) < 4.78 is 27.6. The van der Waals surface area contributed by atoms with Crippen molar-refractivity contribution in [3.05, 3.63) is 0 Å². The van der Waals surface area contributed by atoms with Gasteiger partial charge in [-0.1, -0.05) is 0 Å². The predicted octanol–water partition coefficient (Wildman–Crippen LogP) is -2.24. The molecule has 8 nitrogen and oxygen atoms in total. The van der Waals surface area contributed by atoms with E-state index >= 15 is 0 Å². The molecule has 1 aliphatic rings. The Morgan fingerprint density at radius 3 is 2.65 bits per heavy atom. The normalized spacial score (nSPS) is 20.6. The van der Waals surface area contributed by atoms with Crippen LogP contribution in [0.5, 0.6) is 0 Å². The second kappa shape index (κ2) is 7.55. The van der Waals surface area contributed by atoms with E-state index in [1.807, 2.05) is 0 Å². The molecule has 1 rings (SSSR count). The maximum absolute atomic E-state index is 11.8. The van der Waals surface area contributed by atoms with Crippen molar-refractivity contribution in [3.8, 4) is 0 Å². The van der Waals surface area contributed by atoms with Gasteiger partial charge in [0.2, 0.25) is 0 Å². The van der Waals surface area contributed by atoms with Crippen LogP contribution in [0, 0.1) is 0 Å². The summed E-state index contributed by atoms with van der Waals surface area (Å²) in [7, 11) is -1.67. The first-order chi connectivity index (χ1) is 9.37. The van der Waals surface area contributed by atoms with Crippen LogP contribution in [-0.4, -0.2) is 81.2 Å². The largest absolute Gasteiger partial charge is 0.394 e. The molecule has 0 radical (unpaired) electrons. The van der Waals surface area contributed by atoms with Crippen molar-refractivity contribution in [2.45, 2.75) is 12.5 Å². The number of aliphatic hydroxyl groups excluding tert-OH is 1. The minimum Gasteiger partial charge on any atom is -0.394 e. The molecule has 0 aromatic rings. The maximum Gasteiger partial charge on any atom is 0.311 e. The third-order valence-corrected chi connectivity index (χ3v) is 4.79. The van der Waals surface area contributed by atoms with Crippen LogP contribution in [-0.2, 0) is 24.2 Å². The highest BCUT2D eigenvalue weighted by Crippen LogP contribution is 2.16. The fourth-order valence-electron chi connectivity index (χ4n) is 1.89. The lowest BCUT2D eigenvalue weighted by Gasteiger charge is -2.22. The third kappa shape index (κ3) is 5.06. The second-order valence-corrected chi connectivity index (χ2v) is 6.79. The van der Waals surface area contributed by atoms with E-state index in [2.05, 4.69) is 5.32 Å². The number of likely N-dealkylation sites (N-methyl/N-ethyl adjacent to an activating group) is 1. The lowest BCUT2D eigenvalue weighted by Crippen LogP contribution is -2.46. The van der Waals surface area contributed by atoms with Crippen molar-refractivity contribution >= 4 is 21.7 Å². The first-order valence-electron chi connectivity index (χ1n) is 6.31. The summed E-state index contributed by atoms with van der Waals surface area (Å²) in [6, 6.07) is -0.441. The first kappa shape index (κ1) is 16.9. The molecule has 1 fully saturated rings. The number of carbonyl (C=O) groups excluding carboxylic acids is 2. The fraction of sp³-hybridized carbons (Fsp3) is 0.818. The molecule has 0 aromatic carbocycles. The van der Waals surface area contributed by atoms with Crippen LogP contribution >= 0.6 is 0 Å². The van der Waals surface area contributed by atoms with Gasteiger partial charge in [0.1, 0.15) is 0 Å². The van der Waals surface area contributed by atoms with Crippen molar-refractivity contribution in [2.75, 3.05) is 44.9 Å². The highest BCUT2D eigenvalue weighted by Gasteiger charge is 2.34. The number of sulfone groups is 1. The Morgan fingerprint density at radius 2 is 2.10 bits per heavy atom. The number of nitrogens with one attached hydrogen (secondary N) is 1. The molecular weight excluding hydrogens is 288 g/mol. The molecule has 1 heterocycles. The Bertz CT molecular complexity index is 450. The summed E-state index contributed by atoms with van der Waals surface area (Å²) in [4.78, 5) is 24.6. The van der Waals surface area contributed by atoms with E-state index in [0.29, 0.717) is 6.42 Å². The molecule has 0 saturated carbocycles. The molecule has 1 saturated heterocycles. The van der Waals surface area contributed by atoms with E-state index in [4.69, 9.17) is 9.84 Å². The summed E-state index contributed by atoms with van der Waals surface area (Å²) in [6.07, 6.45) is 0.359. The predicted molar refractivity (Wildman–Crippen MR) is 70.7 cm³/mol. The minimum absolute atomic E-state index is 0.0475. The van der Waals surface area contributed by atoms with E-state index in [9.17, 15) is 18.0 Å². The van der Waals surface area contributed by atoms with Gasteiger partial charge in [-0.2, -0.15) is 0 Å². The second-order valence-electron chi connectivity index (χ2n) is 4.56. The third-order valence-electron chi connectivity index (χ3n) is 3.04. The summed E-state index contributed by atoms with van der Waals surface area (Å²) in [5.74, 6) is -1.59. The molecule has 2 N–H and O–H groups in total. The van der Waals surface area contributed by atoms with Crippen molar-refractivity contribution in [1.82, 2.24) is 10.2 Å². The average molecular weight is 308 g/mol. The average Bonchev–Trinajstić information content (AvgIpc) is 2.77. The highest BCUT2D eigenvalue weighted by atomic mass is 32.2. The molecule has 20 heavy (non-hydrogen) atoms. The minimum atomic E-state index is -3.10. The van der Waals surface area contributed by atoms with Crippen molar-refractivity contribution < 1.29 is 27.9 Å². The number of amides is 2. The zero-order valence-corrected chi connectivity index (χ0v) is 12.2. The molecule has 0 aromatic heterocycles. The molecule has 0 spiro atoms. The lowest BCUT2D eigenvalue weighted by atomic mass is 10.2. The Kier molecular flexibility index (Phi) is 6.37. The van der Waals surface area contributed by atoms with Crippen LogP contribution in [0.1, 0.15) is 6.42 Å². The van der Waals surface area contributed by atoms with Crippen LogP contribution < -0.4 is 5.32 Å². The molecule has 0 aliphatic carbocycles. The van der Waals surface area contributed by atoms with Crippen LogP contribution in [0.3, 0.4) is 0 Å². The standard InChI is InChI=1S/C11H20N2O6S/c1-13(9-2-7-20(17,18)8-9)11(16)10(15)12-3-5-19-6-4-14/h9,14H,2-8H2,1H3,(H,12,15). The fourth-order valence-corrected chi connectivity index (χ4v) is 3.66. The highest BCUT2D eigenvalue weighted by molar-refractivity contribution is 7.91. The number of aliphatic hydroxyl groups is 1. The summed E-state index contributed by atoms with van der Waals surface area (Å²) in [6.45, 7) is 0.415. The summed E-state index contributed by atoms with van der Waals surface area (Å²) >= 11 is 0. The number of hydrogen-bond donors (Lipinski definition) is 2. The SMILES string of the molecule is CN(C(=O)C(=O)NCCOCCO)C1CCS(=O)(=O)C1. The maximum atomic E-state index is 11.8. The van der Waals surface area contributed by atoms with Gasteiger partial charge >= 0.3 is 11.8 Å². The summed E-state index contributed by atoms with van der Waals surface area (Å²) in [5.41, 5.74) is 0. The lowest BCUT2D eigenvalue weighted by molar-refractivity contribution is -0.146. The number of ether oxygens (including phenoxy) is 1. The van der Waals surface area contributed by atoms with Crippen LogP contribution in [0.25, 0.3) is 0 Å². The Hall–Kier alpha value is -1.19. The Morgan fingerprint density at radius 1 is 1.40 bits per heavy atom. The van der Waals surface area contributed by atoms with Gasteiger partial charge in [0.05, 0.1) is 31.3 Å². The van der Waals surface area contributed by atoms with Crippen LogP contribution in [0.15, 0.2) is 0 Å². The number of hydrogen-bond acceptors (Lipinski definition) is 6. The van der Waals surface area contributed by atoms with Gasteiger partial charge < -0.3 is 20.1 Å². The molecule has 116 valence electrons. The number of rotatable bonds is 6. The first-order valence-corrected chi connectivity index (χ1v) is 8.13. The molecular formula is C11H20N2O6S. The van der Waals surface area contributed by atoms with Crippen molar-refractivity contribution in [1.29, 1.82) is 0 Å². The molecule has 1 atom stereocenters. The molecule has 1 aliphatic heterocycles. The molecule has 2 amide bonds. The van der Waals surface area contributed by atoms with Gasteiger partial charge in [0.25, 0.3) is 0 Å². The summed E-state index contributed by atoms with van der Waals surface area (Å²) in [5, 5.41) is 10.9. The zero-order valence-electron chi connectivity index (χ0n) is 11.4. The number of carbonyl (C=O) groups is 2. The van der Waals surface area contributed by atoms with Crippen LogP contribution in [0.4, 0.5) is 0 Å². The quantitative estimate of drug-likeness (QED) is 0.424. The van der Waals surface area contributed by atoms with Gasteiger partial charge in [-0.25, -0.2) is 8.42 Å². The van der Waals surface area contributed by atoms with E-state index in [1.54, 1.807) is 0 Å². The van der Waals surface area contributed by atoms with Crippen molar-refractivity contribution in [2.24, 2.45) is 0 Å². The van der Waals surface area contributed by atoms with Gasteiger partial charge in [-0.05, 0) is 6.42 Å². The van der Waals surface area contributed by atoms with Gasteiger partial charge in [-0.15, -0.1) is 0 Å². The molecule has 9 heteroatoms. The molecule has 0 bridgehead atoms. The van der Waals surface area contributed by atoms with E-state index < -0.39 is 27.7 Å². The van der Waals surface area contributed by atoms with E-state index in [1.165, 1.54) is 11.9 Å². The zero-order chi connectivity index (χ0) is 15.2. The van der Waals surface area contributed by atoms with E-state index in [0.717, 1.165) is 0 Å². The van der Waals surface area contributed by atoms with Gasteiger partial charge in [0.15, 0.2) is 9.84 Å². The van der Waals surface area contributed by atoms with Crippen LogP contribution in [0.2, 0.25) is 0 Å². The topological polar surface area (TPSA) is 113 Å². The Labute approximate surface area is 118 Å². The van der Waals surface area contributed by atoms with E-state index in [-0.39, 0.29) is 37.9 Å². The Balaban J connectivity index is 2.35. The van der Waals surface area contributed by atoms with Crippen molar-refractivity contribution in [3.63, 3.8) is 0 Å². The molecule has 1 unspecified atom stereocenters. The smallest absolute Gasteiger partial charge is 0.311 e. The monoisotopic (exact) mass is 308 g/mol. The number of nitrogens with zero attached hydrogens (tertiary/aromatic N) is 1.